The number of fused-ring (bicyclic) bond motifs is 1. The van der Waals surface area contributed by atoms with Gasteiger partial charge in [-0.15, -0.1) is 0 Å². The first kappa shape index (κ1) is 20.1. The molecule has 0 aliphatic carbocycles. The summed E-state index contributed by atoms with van der Waals surface area (Å²) < 4.78 is 34.1. The number of nitrogens with zero attached hydrogens (tertiary/aromatic N) is 3. The number of piperidine rings is 1. The van der Waals surface area contributed by atoms with Crippen LogP contribution in [0.15, 0.2) is 65.8 Å². The monoisotopic (exact) mass is 423 g/mol. The van der Waals surface area contributed by atoms with Gasteiger partial charge in [-0.05, 0) is 37.1 Å². The van der Waals surface area contributed by atoms with Crippen molar-refractivity contribution in [1.29, 1.82) is 5.26 Å². The second-order valence-corrected chi connectivity index (χ2v) is 9.17. The van der Waals surface area contributed by atoms with Gasteiger partial charge in [0.05, 0.1) is 21.9 Å². The minimum atomic E-state index is -3.55. The molecular weight excluding hydrogens is 402 g/mol. The Morgan fingerprint density at radius 3 is 2.50 bits per heavy atom. The van der Waals surface area contributed by atoms with Crippen LogP contribution in [0.25, 0.3) is 5.52 Å². The number of pyridine rings is 1. The molecule has 1 aliphatic heterocycles. The van der Waals surface area contributed by atoms with Crippen molar-refractivity contribution in [3.63, 3.8) is 0 Å². The molecule has 0 saturated carbocycles. The normalized spacial score (nSPS) is 15.7. The van der Waals surface area contributed by atoms with Gasteiger partial charge in [-0.3, -0.25) is 4.79 Å². The van der Waals surface area contributed by atoms with Gasteiger partial charge in [-0.1, -0.05) is 24.3 Å². The van der Waals surface area contributed by atoms with Crippen LogP contribution in [0.1, 0.15) is 24.0 Å². The number of rotatable bonds is 5. The molecule has 8 heteroatoms. The Balaban J connectivity index is 1.37. The quantitative estimate of drug-likeness (QED) is 0.589. The Morgan fingerprint density at radius 1 is 1.10 bits per heavy atom. The molecule has 3 heterocycles. The molecule has 0 unspecified atom stereocenters. The third kappa shape index (κ3) is 3.82. The number of carbonyl (C=O) groups is 1. The molecule has 0 bridgehead atoms. The van der Waals surface area contributed by atoms with E-state index in [4.69, 9.17) is 4.74 Å². The maximum atomic E-state index is 12.7. The van der Waals surface area contributed by atoms with Gasteiger partial charge < -0.3 is 9.14 Å². The molecule has 1 aromatic carbocycles. The average molecular weight is 423 g/mol. The molecule has 154 valence electrons. The molecule has 0 atom stereocenters. The van der Waals surface area contributed by atoms with E-state index in [0.29, 0.717) is 24.0 Å². The van der Waals surface area contributed by atoms with Gasteiger partial charge in [0.2, 0.25) is 10.0 Å². The summed E-state index contributed by atoms with van der Waals surface area (Å²) in [6, 6.07) is 16.0. The van der Waals surface area contributed by atoms with E-state index >= 15 is 0 Å². The molecular formula is C22H21N3O4S. The number of ether oxygens (including phenoxy) is 1. The van der Waals surface area contributed by atoms with Crippen LogP contribution in [0.3, 0.4) is 0 Å². The predicted octanol–water partition coefficient (Wildman–Crippen LogP) is 2.96. The van der Waals surface area contributed by atoms with Gasteiger partial charge in [0.25, 0.3) is 0 Å². The van der Waals surface area contributed by atoms with Crippen LogP contribution in [0.4, 0.5) is 0 Å². The van der Waals surface area contributed by atoms with Crippen LogP contribution < -0.4 is 0 Å². The van der Waals surface area contributed by atoms with Gasteiger partial charge in [0.1, 0.15) is 12.7 Å². The van der Waals surface area contributed by atoms with E-state index < -0.39 is 10.0 Å². The maximum Gasteiger partial charge on any atom is 0.309 e. The molecule has 3 aromatic rings. The number of sulfonamides is 1. The lowest BCUT2D eigenvalue weighted by atomic mass is 9.98. The topological polar surface area (TPSA) is 91.9 Å². The smallest absolute Gasteiger partial charge is 0.309 e. The van der Waals surface area contributed by atoms with E-state index in [1.54, 1.807) is 36.5 Å². The van der Waals surface area contributed by atoms with E-state index in [0.717, 1.165) is 5.52 Å². The molecule has 7 nitrogen and oxygen atoms in total. The zero-order valence-electron chi connectivity index (χ0n) is 16.3. The van der Waals surface area contributed by atoms with Crippen molar-refractivity contribution in [3.05, 3.63) is 72.1 Å². The summed E-state index contributed by atoms with van der Waals surface area (Å²) in [4.78, 5) is 12.8. The van der Waals surface area contributed by atoms with Crippen LogP contribution in [-0.4, -0.2) is 36.2 Å². The number of carbonyl (C=O) groups excluding carboxylic acids is 1. The zero-order valence-corrected chi connectivity index (χ0v) is 17.1. The third-order valence-corrected chi connectivity index (χ3v) is 7.33. The molecule has 0 N–H and O–H groups in total. The number of aromatic nitrogens is 1. The summed E-state index contributed by atoms with van der Waals surface area (Å²) in [7, 11) is -3.55. The number of benzene rings is 1. The fraction of sp³-hybridized carbons (Fsp3) is 0.273. The van der Waals surface area contributed by atoms with Crippen molar-refractivity contribution in [2.24, 2.45) is 5.92 Å². The summed E-state index contributed by atoms with van der Waals surface area (Å²) >= 11 is 0. The van der Waals surface area contributed by atoms with Crippen molar-refractivity contribution in [2.45, 2.75) is 24.3 Å². The lowest BCUT2D eigenvalue weighted by Crippen LogP contribution is -2.40. The first-order valence-electron chi connectivity index (χ1n) is 9.71. The zero-order chi connectivity index (χ0) is 21.1. The molecule has 4 rings (SSSR count). The Morgan fingerprint density at radius 2 is 1.80 bits per heavy atom. The van der Waals surface area contributed by atoms with Crippen LogP contribution in [0.5, 0.6) is 0 Å². The van der Waals surface area contributed by atoms with Crippen molar-refractivity contribution in [2.75, 3.05) is 13.1 Å². The lowest BCUT2D eigenvalue weighted by Gasteiger charge is -2.30. The van der Waals surface area contributed by atoms with Crippen LogP contribution >= 0.6 is 0 Å². The first-order valence-corrected chi connectivity index (χ1v) is 11.1. The minimum absolute atomic E-state index is 0.0198. The van der Waals surface area contributed by atoms with Gasteiger partial charge in [-0.25, -0.2) is 8.42 Å². The Kier molecular flexibility index (Phi) is 5.57. The standard InChI is InChI=1S/C22H21N3O4S/c23-14-20-18(15-24-11-5-4-8-21(20)24)16-29-22(26)17-9-12-25(13-10-17)30(27,28)19-6-2-1-3-7-19/h1-8,11,15,17H,9-10,12-13,16H2. The molecule has 0 amide bonds. The van der Waals surface area contributed by atoms with Crippen LogP contribution in [0, 0.1) is 17.2 Å². The van der Waals surface area contributed by atoms with Crippen molar-refractivity contribution >= 4 is 21.5 Å². The summed E-state index contributed by atoms with van der Waals surface area (Å²) in [5, 5.41) is 9.45. The fourth-order valence-electron chi connectivity index (χ4n) is 3.76. The second-order valence-electron chi connectivity index (χ2n) is 7.23. The lowest BCUT2D eigenvalue weighted by molar-refractivity contribution is -0.151. The van der Waals surface area contributed by atoms with E-state index in [2.05, 4.69) is 6.07 Å². The number of hydrogen-bond acceptors (Lipinski definition) is 5. The number of nitriles is 1. The van der Waals surface area contributed by atoms with Gasteiger partial charge in [0.15, 0.2) is 0 Å². The number of hydrogen-bond donors (Lipinski definition) is 0. The van der Waals surface area contributed by atoms with Gasteiger partial charge in [-0.2, -0.15) is 9.57 Å². The van der Waals surface area contributed by atoms with E-state index in [9.17, 15) is 18.5 Å². The molecule has 0 radical (unpaired) electrons. The van der Waals surface area contributed by atoms with Gasteiger partial charge >= 0.3 is 5.97 Å². The summed E-state index contributed by atoms with van der Waals surface area (Å²) in [5.41, 5.74) is 1.92. The Labute approximate surface area is 175 Å². The van der Waals surface area contributed by atoms with Crippen LogP contribution in [0.2, 0.25) is 0 Å². The molecule has 30 heavy (non-hydrogen) atoms. The molecule has 1 saturated heterocycles. The average Bonchev–Trinajstić information content (AvgIpc) is 3.15. The molecule has 1 aliphatic rings. The van der Waals surface area contributed by atoms with Crippen molar-refractivity contribution < 1.29 is 17.9 Å². The van der Waals surface area contributed by atoms with Crippen molar-refractivity contribution in [1.82, 2.24) is 8.71 Å². The predicted molar refractivity (Wildman–Crippen MR) is 110 cm³/mol. The fourth-order valence-corrected chi connectivity index (χ4v) is 5.25. The summed E-state index contributed by atoms with van der Waals surface area (Å²) in [6.07, 6.45) is 4.45. The SMILES string of the molecule is N#Cc1c(COC(=O)C2CCN(S(=O)(=O)c3ccccc3)CC2)cn2ccccc12. The highest BCUT2D eigenvalue weighted by atomic mass is 32.2. The van der Waals surface area contributed by atoms with E-state index in [1.807, 2.05) is 28.8 Å². The number of esters is 1. The summed E-state index contributed by atoms with van der Waals surface area (Å²) in [6.45, 7) is 0.568. The molecule has 0 spiro atoms. The second kappa shape index (κ2) is 8.30. The van der Waals surface area contributed by atoms with Gasteiger partial charge in [0, 0.05) is 31.0 Å². The largest absolute Gasteiger partial charge is 0.460 e. The van der Waals surface area contributed by atoms with Crippen molar-refractivity contribution in [3.8, 4) is 6.07 Å². The maximum absolute atomic E-state index is 12.7. The van der Waals surface area contributed by atoms with E-state index in [-0.39, 0.29) is 36.5 Å². The summed E-state index contributed by atoms with van der Waals surface area (Å²) in [5.74, 6) is -0.708. The van der Waals surface area contributed by atoms with Crippen LogP contribution in [-0.2, 0) is 26.2 Å². The molecule has 2 aromatic heterocycles. The Hall–Kier alpha value is -3.15. The molecule has 1 fully saturated rings. The minimum Gasteiger partial charge on any atom is -0.460 e. The first-order chi connectivity index (χ1) is 14.5. The highest BCUT2D eigenvalue weighted by Gasteiger charge is 2.32. The Bertz CT molecular complexity index is 1200. The highest BCUT2D eigenvalue weighted by molar-refractivity contribution is 7.89. The van der Waals surface area contributed by atoms with E-state index in [1.165, 1.54) is 4.31 Å². The highest BCUT2D eigenvalue weighted by Crippen LogP contribution is 2.25. The third-order valence-electron chi connectivity index (χ3n) is 5.41.